The Morgan fingerprint density at radius 3 is 2.77 bits per heavy atom. The Hall–Kier alpha value is -3.20. The molecule has 0 radical (unpaired) electrons. The van der Waals surface area contributed by atoms with Crippen LogP contribution in [-0.2, 0) is 0 Å². The van der Waals surface area contributed by atoms with Gasteiger partial charge in [-0.1, -0.05) is 25.8 Å². The van der Waals surface area contributed by atoms with E-state index >= 15 is 0 Å². The Bertz CT molecular complexity index is 1030. The van der Waals surface area contributed by atoms with Gasteiger partial charge in [0.15, 0.2) is 0 Å². The molecule has 3 heterocycles. The number of nitrogens with zero attached hydrogens (tertiary/aromatic N) is 4. The topological polar surface area (TPSA) is 108 Å². The van der Waals surface area contributed by atoms with Gasteiger partial charge < -0.3 is 25.0 Å². The third-order valence-electron chi connectivity index (χ3n) is 7.00. The van der Waals surface area contributed by atoms with Crippen LogP contribution in [0.3, 0.4) is 0 Å². The molecule has 2 N–H and O–H groups in total. The van der Waals surface area contributed by atoms with Crippen LogP contribution in [0.15, 0.2) is 36.8 Å². The molecule has 0 aromatic carbocycles. The van der Waals surface area contributed by atoms with E-state index in [0.29, 0.717) is 18.7 Å². The Kier molecular flexibility index (Phi) is 7.85. The largest absolute Gasteiger partial charge is 0.472 e. The Balaban J connectivity index is 1.61. The number of ether oxygens (including phenoxy) is 1. The van der Waals surface area contributed by atoms with E-state index in [4.69, 9.17) is 4.74 Å². The zero-order valence-electron chi connectivity index (χ0n) is 20.7. The van der Waals surface area contributed by atoms with Gasteiger partial charge in [0, 0.05) is 55.3 Å². The highest BCUT2D eigenvalue weighted by Crippen LogP contribution is 2.30. The summed E-state index contributed by atoms with van der Waals surface area (Å²) >= 11 is 0. The van der Waals surface area contributed by atoms with E-state index in [0.717, 1.165) is 36.8 Å². The lowest BCUT2D eigenvalue weighted by Crippen LogP contribution is -2.52. The molecule has 2 aromatic rings. The smallest absolute Gasteiger partial charge is 0.317 e. The second-order valence-corrected chi connectivity index (χ2v) is 9.75. The van der Waals surface area contributed by atoms with E-state index in [1.807, 2.05) is 26.0 Å². The molecule has 0 spiro atoms. The highest BCUT2D eigenvalue weighted by atomic mass is 16.5. The van der Waals surface area contributed by atoms with Crippen molar-refractivity contribution in [3.05, 3.63) is 42.4 Å². The molecule has 1 saturated carbocycles. The van der Waals surface area contributed by atoms with E-state index in [-0.39, 0.29) is 48.5 Å². The number of hydrogen-bond donors (Lipinski definition) is 2. The molecule has 0 saturated heterocycles. The number of aliphatic hydroxyl groups excluding tert-OH is 1. The molecule has 3 atom stereocenters. The van der Waals surface area contributed by atoms with Gasteiger partial charge in [-0.3, -0.25) is 9.78 Å². The van der Waals surface area contributed by atoms with E-state index in [1.165, 1.54) is 0 Å². The summed E-state index contributed by atoms with van der Waals surface area (Å²) in [5, 5.41) is 13.0. The first-order valence-electron chi connectivity index (χ1n) is 12.4. The van der Waals surface area contributed by atoms with Gasteiger partial charge in [0.25, 0.3) is 5.91 Å². The van der Waals surface area contributed by atoms with Gasteiger partial charge in [0.1, 0.15) is 11.7 Å². The van der Waals surface area contributed by atoms with Gasteiger partial charge in [-0.05, 0) is 31.9 Å². The Morgan fingerprint density at radius 1 is 1.31 bits per heavy atom. The van der Waals surface area contributed by atoms with Crippen molar-refractivity contribution in [2.24, 2.45) is 5.92 Å². The zero-order valence-corrected chi connectivity index (χ0v) is 20.7. The molecule has 9 nitrogen and oxygen atoms in total. The number of pyridine rings is 2. The van der Waals surface area contributed by atoms with Gasteiger partial charge in [-0.25, -0.2) is 9.78 Å². The highest BCUT2D eigenvalue weighted by molar-refractivity contribution is 5.98. The Labute approximate surface area is 206 Å². The van der Waals surface area contributed by atoms with Crippen LogP contribution in [0.5, 0.6) is 5.88 Å². The van der Waals surface area contributed by atoms with Crippen molar-refractivity contribution in [1.82, 2.24) is 25.1 Å². The molecule has 1 aliphatic carbocycles. The minimum atomic E-state index is -0.383. The minimum Gasteiger partial charge on any atom is -0.472 e. The summed E-state index contributed by atoms with van der Waals surface area (Å²) in [6.07, 6.45) is 9.02. The maximum Gasteiger partial charge on any atom is 0.317 e. The van der Waals surface area contributed by atoms with Gasteiger partial charge in [0.05, 0.1) is 19.2 Å². The van der Waals surface area contributed by atoms with Gasteiger partial charge in [0.2, 0.25) is 5.88 Å². The average molecular weight is 482 g/mol. The summed E-state index contributed by atoms with van der Waals surface area (Å²) in [5.74, 6) is -0.0982. The first-order valence-corrected chi connectivity index (χ1v) is 12.4. The lowest BCUT2D eigenvalue weighted by atomic mass is 9.99. The fourth-order valence-electron chi connectivity index (χ4n) is 4.72. The van der Waals surface area contributed by atoms with Crippen molar-refractivity contribution in [3.8, 4) is 17.0 Å². The molecule has 1 aliphatic heterocycles. The quantitative estimate of drug-likeness (QED) is 0.657. The summed E-state index contributed by atoms with van der Waals surface area (Å²) in [6, 6.07) is 5.24. The van der Waals surface area contributed by atoms with Crippen molar-refractivity contribution in [3.63, 3.8) is 0 Å². The third kappa shape index (κ3) is 5.73. The highest BCUT2D eigenvalue weighted by Gasteiger charge is 2.35. The second kappa shape index (κ2) is 11.0. The van der Waals surface area contributed by atoms with Gasteiger partial charge >= 0.3 is 6.03 Å². The number of rotatable bonds is 6. The standard InChI is InChI=1S/C26H35N5O4/c1-17-14-31(18(2)16-32)25(33)22-11-20(19-7-6-10-27-12-19)13-28-24(22)35-23(17)15-30(3)26(34)29-21-8-4-5-9-21/h6-7,10-13,17-18,21,23,32H,4-5,8-9,14-16H2,1-3H3,(H,29,34)/t17-,18-,23-/m0/s1. The summed E-state index contributed by atoms with van der Waals surface area (Å²) in [5.41, 5.74) is 1.93. The van der Waals surface area contributed by atoms with E-state index in [1.54, 1.807) is 41.5 Å². The first-order chi connectivity index (χ1) is 16.9. The minimum absolute atomic E-state index is 0.0948. The number of carbonyl (C=O) groups excluding carboxylic acids is 2. The number of hydrogen-bond acceptors (Lipinski definition) is 6. The zero-order chi connectivity index (χ0) is 24.9. The molecule has 188 valence electrons. The monoisotopic (exact) mass is 481 g/mol. The van der Waals surface area contributed by atoms with Crippen LogP contribution in [0, 0.1) is 5.92 Å². The molecule has 0 unspecified atom stereocenters. The molecule has 4 rings (SSSR count). The predicted molar refractivity (Wildman–Crippen MR) is 132 cm³/mol. The number of amides is 3. The summed E-state index contributed by atoms with van der Waals surface area (Å²) in [6.45, 7) is 4.40. The van der Waals surface area contributed by atoms with Crippen molar-refractivity contribution < 1.29 is 19.4 Å². The maximum absolute atomic E-state index is 13.6. The predicted octanol–water partition coefficient (Wildman–Crippen LogP) is 2.95. The van der Waals surface area contributed by atoms with Crippen LogP contribution in [0.25, 0.3) is 11.1 Å². The number of nitrogens with one attached hydrogen (secondary N) is 1. The van der Waals surface area contributed by atoms with Gasteiger partial charge in [-0.15, -0.1) is 0 Å². The number of likely N-dealkylation sites (N-methyl/N-ethyl adjacent to an activating group) is 1. The average Bonchev–Trinajstić information content (AvgIpc) is 3.39. The van der Waals surface area contributed by atoms with E-state index in [2.05, 4.69) is 15.3 Å². The van der Waals surface area contributed by atoms with Crippen LogP contribution < -0.4 is 10.1 Å². The summed E-state index contributed by atoms with van der Waals surface area (Å²) < 4.78 is 6.30. The van der Waals surface area contributed by atoms with Crippen LogP contribution in [0.4, 0.5) is 4.79 Å². The van der Waals surface area contributed by atoms with E-state index < -0.39 is 0 Å². The van der Waals surface area contributed by atoms with Crippen LogP contribution in [0.1, 0.15) is 49.9 Å². The second-order valence-electron chi connectivity index (χ2n) is 9.75. The molecular formula is C26H35N5O4. The van der Waals surface area contributed by atoms with Crippen molar-refractivity contribution in [1.29, 1.82) is 0 Å². The molecule has 2 aromatic heterocycles. The maximum atomic E-state index is 13.6. The Morgan fingerprint density at radius 2 is 2.09 bits per heavy atom. The number of urea groups is 1. The van der Waals surface area contributed by atoms with Crippen LogP contribution in [-0.4, -0.2) is 81.7 Å². The lowest BCUT2D eigenvalue weighted by Gasteiger charge is -2.37. The van der Waals surface area contributed by atoms with Crippen molar-refractivity contribution in [2.45, 2.75) is 57.7 Å². The van der Waals surface area contributed by atoms with Gasteiger partial charge in [-0.2, -0.15) is 0 Å². The molecule has 9 heteroatoms. The molecule has 0 bridgehead atoms. The van der Waals surface area contributed by atoms with Crippen molar-refractivity contribution in [2.75, 3.05) is 26.7 Å². The molecular weight excluding hydrogens is 446 g/mol. The third-order valence-corrected chi connectivity index (χ3v) is 7.00. The normalized spacial score (nSPS) is 21.5. The number of aromatic nitrogens is 2. The lowest BCUT2D eigenvalue weighted by molar-refractivity contribution is 0.0351. The molecule has 2 aliphatic rings. The summed E-state index contributed by atoms with van der Waals surface area (Å²) in [4.78, 5) is 38.3. The SMILES string of the molecule is C[C@H]1CN([C@@H](C)CO)C(=O)c2cc(-c3cccnc3)cnc2O[C@H]1CN(C)C(=O)NC1CCCC1. The first kappa shape index (κ1) is 24.9. The van der Waals surface area contributed by atoms with E-state index in [9.17, 15) is 14.7 Å². The fraction of sp³-hybridized carbons (Fsp3) is 0.538. The van der Waals surface area contributed by atoms with Crippen molar-refractivity contribution >= 4 is 11.9 Å². The number of aliphatic hydroxyl groups is 1. The molecule has 35 heavy (non-hydrogen) atoms. The summed E-state index contributed by atoms with van der Waals surface area (Å²) in [7, 11) is 1.76. The van der Waals surface area contributed by atoms with Crippen LogP contribution >= 0.6 is 0 Å². The fourth-order valence-corrected chi connectivity index (χ4v) is 4.72. The number of carbonyl (C=O) groups is 2. The molecule has 3 amide bonds. The number of fused-ring (bicyclic) bond motifs is 1. The molecule has 1 fully saturated rings. The van der Waals surface area contributed by atoms with Crippen LogP contribution in [0.2, 0.25) is 0 Å².